The van der Waals surface area contributed by atoms with Crippen molar-refractivity contribution in [3.63, 3.8) is 0 Å². The highest BCUT2D eigenvalue weighted by atomic mass is 32.2. The van der Waals surface area contributed by atoms with E-state index in [-0.39, 0.29) is 19.0 Å². The Morgan fingerprint density at radius 3 is 2.20 bits per heavy atom. The second kappa shape index (κ2) is 12.1. The normalized spacial score (nSPS) is 11.9. The van der Waals surface area contributed by atoms with Crippen LogP contribution in [0.15, 0.2) is 78.9 Å². The van der Waals surface area contributed by atoms with E-state index in [1.165, 1.54) is 7.11 Å². The first-order valence-electron chi connectivity index (χ1n) is 10.9. The van der Waals surface area contributed by atoms with E-state index in [4.69, 9.17) is 9.47 Å². The van der Waals surface area contributed by atoms with Gasteiger partial charge in [0.1, 0.15) is 25.0 Å². The highest BCUT2D eigenvalue weighted by molar-refractivity contribution is 7.85. The summed E-state index contributed by atoms with van der Waals surface area (Å²) in [7, 11) is -2.20. The molecule has 0 saturated carbocycles. The predicted octanol–water partition coefficient (Wildman–Crippen LogP) is 3.47. The second-order valence-corrected chi connectivity index (χ2v) is 9.33. The van der Waals surface area contributed by atoms with Crippen LogP contribution in [0, 0.1) is 0 Å². The van der Waals surface area contributed by atoms with Crippen molar-refractivity contribution >= 4 is 27.6 Å². The zero-order valence-electron chi connectivity index (χ0n) is 19.5. The maximum Gasteiger partial charge on any atom is 0.328 e. The number of anilines is 1. The molecule has 8 nitrogen and oxygen atoms in total. The van der Waals surface area contributed by atoms with Crippen LogP contribution in [-0.4, -0.2) is 52.8 Å². The van der Waals surface area contributed by atoms with Gasteiger partial charge < -0.3 is 14.8 Å². The van der Waals surface area contributed by atoms with Crippen LogP contribution in [0.3, 0.4) is 0 Å². The van der Waals surface area contributed by atoms with Crippen molar-refractivity contribution in [1.29, 1.82) is 0 Å². The van der Waals surface area contributed by atoms with Gasteiger partial charge in [0.15, 0.2) is 5.78 Å². The number of rotatable bonds is 12. The fourth-order valence-electron chi connectivity index (χ4n) is 3.38. The van der Waals surface area contributed by atoms with Crippen molar-refractivity contribution in [2.75, 3.05) is 31.9 Å². The number of carbonyl (C=O) groups excluding carboxylic acids is 2. The van der Waals surface area contributed by atoms with Gasteiger partial charge in [-0.15, -0.1) is 0 Å². The number of para-hydroxylation sites is 1. The van der Waals surface area contributed by atoms with Gasteiger partial charge in [-0.2, -0.15) is 8.42 Å². The van der Waals surface area contributed by atoms with Gasteiger partial charge in [0.2, 0.25) is 0 Å². The van der Waals surface area contributed by atoms with Crippen LogP contribution in [0.1, 0.15) is 21.5 Å². The topological polar surface area (TPSA) is 108 Å². The third-order valence-electron chi connectivity index (χ3n) is 5.04. The summed E-state index contributed by atoms with van der Waals surface area (Å²) in [6.07, 6.45) is 1.28. The van der Waals surface area contributed by atoms with Gasteiger partial charge in [0.05, 0.1) is 13.4 Å². The first-order chi connectivity index (χ1) is 16.8. The Labute approximate surface area is 205 Å². The van der Waals surface area contributed by atoms with Crippen LogP contribution in [0.5, 0.6) is 5.75 Å². The lowest BCUT2D eigenvalue weighted by molar-refractivity contribution is -0.141. The predicted molar refractivity (Wildman–Crippen MR) is 132 cm³/mol. The average molecular weight is 498 g/mol. The van der Waals surface area contributed by atoms with E-state index in [0.717, 1.165) is 11.8 Å². The van der Waals surface area contributed by atoms with E-state index in [1.54, 1.807) is 72.8 Å². The number of carbonyl (C=O) groups is 2. The molecule has 0 bridgehead atoms. The molecule has 0 heterocycles. The Balaban J connectivity index is 1.70. The van der Waals surface area contributed by atoms with Gasteiger partial charge in [0, 0.05) is 23.2 Å². The lowest BCUT2D eigenvalue weighted by Crippen LogP contribution is -2.33. The minimum atomic E-state index is -3.51. The van der Waals surface area contributed by atoms with E-state index in [1.807, 2.05) is 6.07 Å². The van der Waals surface area contributed by atoms with Crippen LogP contribution in [0.25, 0.3) is 0 Å². The van der Waals surface area contributed by atoms with E-state index in [0.29, 0.717) is 29.0 Å². The molecule has 3 aromatic carbocycles. The fraction of sp³-hybridized carbons (Fsp3) is 0.231. The van der Waals surface area contributed by atoms with Crippen molar-refractivity contribution in [3.8, 4) is 5.75 Å². The molecule has 0 aliphatic heterocycles. The molecule has 3 rings (SSSR count). The summed E-state index contributed by atoms with van der Waals surface area (Å²) in [4.78, 5) is 25.6. The SMILES string of the molecule is COC(=O)C(Cc1ccc(OCCOS(C)(=O)=O)cc1)Nc1ccccc1C(=O)c1ccccc1. The molecule has 0 saturated heterocycles. The molecular formula is C26H27NO7S. The highest BCUT2D eigenvalue weighted by Gasteiger charge is 2.22. The Morgan fingerprint density at radius 1 is 0.886 bits per heavy atom. The quantitative estimate of drug-likeness (QED) is 0.175. The third kappa shape index (κ3) is 7.94. The summed E-state index contributed by atoms with van der Waals surface area (Å²) in [6, 6.07) is 22.2. The first kappa shape index (κ1) is 25.9. The van der Waals surface area contributed by atoms with Crippen molar-refractivity contribution in [1.82, 2.24) is 0 Å². The van der Waals surface area contributed by atoms with Gasteiger partial charge in [-0.1, -0.05) is 54.6 Å². The van der Waals surface area contributed by atoms with Crippen LogP contribution >= 0.6 is 0 Å². The minimum Gasteiger partial charge on any atom is -0.491 e. The molecule has 0 fully saturated rings. The molecule has 0 aliphatic rings. The second-order valence-electron chi connectivity index (χ2n) is 7.68. The highest BCUT2D eigenvalue weighted by Crippen LogP contribution is 2.22. The van der Waals surface area contributed by atoms with Crippen molar-refractivity contribution < 1.29 is 31.7 Å². The van der Waals surface area contributed by atoms with E-state index in [2.05, 4.69) is 9.50 Å². The summed E-state index contributed by atoms with van der Waals surface area (Å²) >= 11 is 0. The molecule has 0 amide bonds. The summed E-state index contributed by atoms with van der Waals surface area (Å²) in [5, 5.41) is 3.17. The smallest absolute Gasteiger partial charge is 0.328 e. The molecule has 3 aromatic rings. The fourth-order valence-corrected chi connectivity index (χ4v) is 3.75. The van der Waals surface area contributed by atoms with Crippen LogP contribution in [-0.2, 0) is 30.3 Å². The molecule has 1 atom stereocenters. The number of hydrogen-bond acceptors (Lipinski definition) is 8. The Hall–Kier alpha value is -3.69. The molecular weight excluding hydrogens is 470 g/mol. The van der Waals surface area contributed by atoms with Crippen molar-refractivity contribution in [2.45, 2.75) is 12.5 Å². The summed E-state index contributed by atoms with van der Waals surface area (Å²) in [5.74, 6) is -0.0869. The van der Waals surface area contributed by atoms with Crippen molar-refractivity contribution in [2.24, 2.45) is 0 Å². The molecule has 0 radical (unpaired) electrons. The number of ether oxygens (including phenoxy) is 2. The molecule has 9 heteroatoms. The first-order valence-corrected chi connectivity index (χ1v) is 12.7. The van der Waals surface area contributed by atoms with Crippen LogP contribution < -0.4 is 10.1 Å². The molecule has 35 heavy (non-hydrogen) atoms. The molecule has 184 valence electrons. The lowest BCUT2D eigenvalue weighted by Gasteiger charge is -2.20. The van der Waals surface area contributed by atoms with Gasteiger partial charge in [-0.3, -0.25) is 8.98 Å². The molecule has 1 N–H and O–H groups in total. The Bertz CT molecular complexity index is 1240. The number of methoxy groups -OCH3 is 1. The largest absolute Gasteiger partial charge is 0.491 e. The zero-order chi connectivity index (χ0) is 25.3. The zero-order valence-corrected chi connectivity index (χ0v) is 20.3. The van der Waals surface area contributed by atoms with Crippen LogP contribution in [0.4, 0.5) is 5.69 Å². The number of benzene rings is 3. The molecule has 0 aromatic heterocycles. The summed E-state index contributed by atoms with van der Waals surface area (Å²) in [5.41, 5.74) is 2.36. The van der Waals surface area contributed by atoms with Gasteiger partial charge in [0.25, 0.3) is 10.1 Å². The summed E-state index contributed by atoms with van der Waals surface area (Å²) < 4.78 is 37.1. The van der Waals surface area contributed by atoms with Gasteiger partial charge >= 0.3 is 5.97 Å². The number of hydrogen-bond donors (Lipinski definition) is 1. The lowest BCUT2D eigenvalue weighted by atomic mass is 10.00. The van der Waals surface area contributed by atoms with Crippen LogP contribution in [0.2, 0.25) is 0 Å². The third-order valence-corrected chi connectivity index (χ3v) is 5.63. The maximum atomic E-state index is 13.0. The molecule has 0 aliphatic carbocycles. The molecule has 1 unspecified atom stereocenters. The Kier molecular flexibility index (Phi) is 8.99. The maximum absolute atomic E-state index is 13.0. The monoisotopic (exact) mass is 497 g/mol. The van der Waals surface area contributed by atoms with Crippen molar-refractivity contribution in [3.05, 3.63) is 95.6 Å². The van der Waals surface area contributed by atoms with E-state index >= 15 is 0 Å². The van der Waals surface area contributed by atoms with E-state index in [9.17, 15) is 18.0 Å². The van der Waals surface area contributed by atoms with Gasteiger partial charge in [-0.05, 0) is 29.8 Å². The van der Waals surface area contributed by atoms with Gasteiger partial charge in [-0.25, -0.2) is 4.79 Å². The minimum absolute atomic E-state index is 0.0744. The van der Waals surface area contributed by atoms with E-state index < -0.39 is 22.1 Å². The Morgan fingerprint density at radius 2 is 1.54 bits per heavy atom. The number of esters is 1. The number of ketones is 1. The molecule has 0 spiro atoms. The average Bonchev–Trinajstić information content (AvgIpc) is 2.86. The number of nitrogens with one attached hydrogen (secondary N) is 1. The summed E-state index contributed by atoms with van der Waals surface area (Å²) in [6.45, 7) is -0.0129. The standard InChI is InChI=1S/C26H27NO7S/c1-32-26(29)24(18-19-12-14-21(15-13-19)33-16-17-34-35(2,30)31)27-23-11-7-6-10-22(23)25(28)20-8-4-3-5-9-20/h3-15,24,27H,16-18H2,1-2H3.